The van der Waals surface area contributed by atoms with Crippen LogP contribution in [0.3, 0.4) is 0 Å². The van der Waals surface area contributed by atoms with Crippen LogP contribution in [-0.2, 0) is 0 Å². The molecule has 0 N–H and O–H groups in total. The highest BCUT2D eigenvalue weighted by Crippen LogP contribution is 2.43. The van der Waals surface area contributed by atoms with Crippen LogP contribution in [0.1, 0.15) is 0 Å². The highest BCUT2D eigenvalue weighted by molar-refractivity contribution is 7.26. The Balaban J connectivity index is 1.05. The number of thiophene rings is 1. The predicted octanol–water partition coefficient (Wildman–Crippen LogP) is 14.0. The molecule has 0 spiro atoms. The van der Waals surface area contributed by atoms with Crippen LogP contribution in [0, 0.1) is 0 Å². The van der Waals surface area contributed by atoms with Crippen LogP contribution in [0.2, 0.25) is 0 Å². The van der Waals surface area contributed by atoms with Gasteiger partial charge in [-0.25, -0.2) is 15.0 Å². The number of aromatic nitrogens is 3. The molecule has 0 amide bonds. The Kier molecular flexibility index (Phi) is 7.35. The lowest BCUT2D eigenvalue weighted by atomic mass is 9.92. The molecule has 11 rings (SSSR count). The van der Waals surface area contributed by atoms with Gasteiger partial charge in [-0.15, -0.1) is 11.3 Å². The highest BCUT2D eigenvalue weighted by Gasteiger charge is 2.17. The van der Waals surface area contributed by atoms with E-state index in [1.54, 1.807) is 0 Å². The van der Waals surface area contributed by atoms with Gasteiger partial charge in [0, 0.05) is 36.9 Å². The summed E-state index contributed by atoms with van der Waals surface area (Å²) in [7, 11) is 0. The van der Waals surface area contributed by atoms with E-state index in [4.69, 9.17) is 15.0 Å². The monoisotopic (exact) mass is 717 g/mol. The molecule has 9 aromatic carbocycles. The van der Waals surface area contributed by atoms with E-state index in [1.165, 1.54) is 63.6 Å². The van der Waals surface area contributed by atoms with Crippen molar-refractivity contribution in [2.75, 3.05) is 0 Å². The molecule has 0 aliphatic heterocycles. The first kappa shape index (κ1) is 31.5. The fourth-order valence-electron chi connectivity index (χ4n) is 8.06. The fraction of sp³-hybridized carbons (Fsp3) is 0. The summed E-state index contributed by atoms with van der Waals surface area (Å²) < 4.78 is 2.48. The van der Waals surface area contributed by atoms with Gasteiger partial charge in [-0.3, -0.25) is 0 Å². The molecule has 256 valence electrons. The summed E-state index contributed by atoms with van der Waals surface area (Å²) in [6.45, 7) is 0. The first-order valence-electron chi connectivity index (χ1n) is 18.5. The maximum Gasteiger partial charge on any atom is 0.164 e. The molecule has 0 radical (unpaired) electrons. The minimum Gasteiger partial charge on any atom is -0.208 e. The minimum atomic E-state index is 0.650. The maximum atomic E-state index is 5.12. The standard InChI is InChI=1S/C51H31N3S/c1-3-13-32(14-4-1)34-17-11-18-36(29-34)50-52-49(33-15-5-2-6-16-33)53-51(54-50)37-26-28-44-45-24-12-23-38(48(45)55-47(44)31-37)35-25-27-43-41-21-8-7-19-39(41)40-20-9-10-22-42(40)46(43)30-35/h1-31H. The molecule has 4 heteroatoms. The van der Waals surface area contributed by atoms with E-state index in [-0.39, 0.29) is 0 Å². The molecule has 0 fully saturated rings. The van der Waals surface area contributed by atoms with Crippen molar-refractivity contribution in [2.24, 2.45) is 0 Å². The Morgan fingerprint density at radius 2 is 0.745 bits per heavy atom. The summed E-state index contributed by atoms with van der Waals surface area (Å²) >= 11 is 1.83. The molecule has 0 unspecified atom stereocenters. The molecule has 11 aromatic rings. The summed E-state index contributed by atoms with van der Waals surface area (Å²) in [5.41, 5.74) is 7.61. The minimum absolute atomic E-state index is 0.650. The van der Waals surface area contributed by atoms with Crippen LogP contribution in [0.4, 0.5) is 0 Å². The first-order valence-corrected chi connectivity index (χ1v) is 19.3. The van der Waals surface area contributed by atoms with Crippen LogP contribution >= 0.6 is 11.3 Å². The number of hydrogen-bond acceptors (Lipinski definition) is 4. The van der Waals surface area contributed by atoms with Crippen LogP contribution in [0.15, 0.2) is 188 Å². The van der Waals surface area contributed by atoms with Crippen molar-refractivity contribution >= 4 is 63.8 Å². The number of rotatable bonds is 5. The van der Waals surface area contributed by atoms with Crippen molar-refractivity contribution in [3.8, 4) is 56.4 Å². The maximum absolute atomic E-state index is 5.12. The van der Waals surface area contributed by atoms with E-state index in [2.05, 4.69) is 164 Å². The Morgan fingerprint density at radius 3 is 1.44 bits per heavy atom. The van der Waals surface area contributed by atoms with Crippen molar-refractivity contribution in [3.63, 3.8) is 0 Å². The van der Waals surface area contributed by atoms with E-state index in [0.29, 0.717) is 17.5 Å². The lowest BCUT2D eigenvalue weighted by Gasteiger charge is -2.12. The third-order valence-corrected chi connectivity index (χ3v) is 11.9. The topological polar surface area (TPSA) is 38.7 Å². The Bertz CT molecular complexity index is 3220. The Labute approximate surface area is 321 Å². The number of nitrogens with zero attached hydrogens (tertiary/aromatic N) is 3. The quantitative estimate of drug-likeness (QED) is 0.166. The first-order chi connectivity index (χ1) is 27.2. The van der Waals surface area contributed by atoms with Gasteiger partial charge in [-0.05, 0) is 72.8 Å². The number of fused-ring (bicyclic) bond motifs is 9. The second-order valence-corrected chi connectivity index (χ2v) is 15.0. The summed E-state index contributed by atoms with van der Waals surface area (Å²) in [6.07, 6.45) is 0. The van der Waals surface area contributed by atoms with Gasteiger partial charge in [0.15, 0.2) is 17.5 Å². The predicted molar refractivity (Wildman–Crippen MR) is 232 cm³/mol. The highest BCUT2D eigenvalue weighted by atomic mass is 32.1. The van der Waals surface area contributed by atoms with Crippen LogP contribution in [0.25, 0.3) is 109 Å². The molecule has 0 aliphatic rings. The summed E-state index contributed by atoms with van der Waals surface area (Å²) in [6, 6.07) is 66.9. The van der Waals surface area contributed by atoms with Crippen molar-refractivity contribution in [1.82, 2.24) is 15.0 Å². The van der Waals surface area contributed by atoms with E-state index in [1.807, 2.05) is 35.6 Å². The molecule has 3 nitrogen and oxygen atoms in total. The van der Waals surface area contributed by atoms with Gasteiger partial charge < -0.3 is 0 Å². The van der Waals surface area contributed by atoms with Gasteiger partial charge in [0.2, 0.25) is 0 Å². The van der Waals surface area contributed by atoms with Crippen molar-refractivity contribution in [2.45, 2.75) is 0 Å². The molecule has 0 saturated carbocycles. The van der Waals surface area contributed by atoms with Gasteiger partial charge in [0.1, 0.15) is 0 Å². The van der Waals surface area contributed by atoms with Gasteiger partial charge in [0.25, 0.3) is 0 Å². The molecule has 0 bridgehead atoms. The molecule has 0 atom stereocenters. The third kappa shape index (κ3) is 5.38. The van der Waals surface area contributed by atoms with E-state index >= 15 is 0 Å². The normalized spacial score (nSPS) is 11.6. The van der Waals surface area contributed by atoms with Crippen LogP contribution in [0.5, 0.6) is 0 Å². The molecular weight excluding hydrogens is 687 g/mol. The second-order valence-electron chi connectivity index (χ2n) is 14.0. The Morgan fingerprint density at radius 1 is 0.273 bits per heavy atom. The SMILES string of the molecule is c1ccc(-c2cccc(-c3nc(-c4ccccc4)nc(-c4ccc5c(c4)sc4c(-c6ccc7c8ccccc8c8ccccc8c7c6)cccc45)n3)c2)cc1. The zero-order chi connectivity index (χ0) is 36.3. The molecule has 0 saturated heterocycles. The third-order valence-electron chi connectivity index (χ3n) is 10.7. The number of benzene rings is 9. The van der Waals surface area contributed by atoms with Gasteiger partial charge in [-0.1, -0.05) is 170 Å². The average molecular weight is 718 g/mol. The average Bonchev–Trinajstić information content (AvgIpc) is 3.65. The molecule has 55 heavy (non-hydrogen) atoms. The largest absolute Gasteiger partial charge is 0.208 e. The van der Waals surface area contributed by atoms with Crippen LogP contribution in [-0.4, -0.2) is 15.0 Å². The number of hydrogen-bond donors (Lipinski definition) is 0. The summed E-state index contributed by atoms with van der Waals surface area (Å²) in [5, 5.41) is 10.2. The van der Waals surface area contributed by atoms with E-state index in [9.17, 15) is 0 Å². The fourth-order valence-corrected chi connectivity index (χ4v) is 9.34. The van der Waals surface area contributed by atoms with Crippen molar-refractivity contribution in [3.05, 3.63) is 188 Å². The zero-order valence-corrected chi connectivity index (χ0v) is 30.5. The summed E-state index contributed by atoms with van der Waals surface area (Å²) in [4.78, 5) is 15.2. The van der Waals surface area contributed by atoms with Gasteiger partial charge in [0.05, 0.1) is 0 Å². The van der Waals surface area contributed by atoms with Crippen molar-refractivity contribution < 1.29 is 0 Å². The molecule has 0 aliphatic carbocycles. The lowest BCUT2D eigenvalue weighted by Crippen LogP contribution is -2.00. The van der Waals surface area contributed by atoms with Gasteiger partial charge in [-0.2, -0.15) is 0 Å². The van der Waals surface area contributed by atoms with Crippen LogP contribution < -0.4 is 0 Å². The molecule has 2 aromatic heterocycles. The molecule has 2 heterocycles. The van der Waals surface area contributed by atoms with E-state index in [0.717, 1.165) is 27.8 Å². The van der Waals surface area contributed by atoms with Crippen molar-refractivity contribution in [1.29, 1.82) is 0 Å². The lowest BCUT2D eigenvalue weighted by molar-refractivity contribution is 1.07. The van der Waals surface area contributed by atoms with E-state index < -0.39 is 0 Å². The Hall–Kier alpha value is -7.01. The summed E-state index contributed by atoms with van der Waals surface area (Å²) in [5.74, 6) is 1.96. The second kappa shape index (κ2) is 12.8. The smallest absolute Gasteiger partial charge is 0.164 e. The van der Waals surface area contributed by atoms with Gasteiger partial charge >= 0.3 is 0 Å². The zero-order valence-electron chi connectivity index (χ0n) is 29.6. The molecular formula is C51H31N3S.